The molecule has 0 bridgehead atoms. The van der Waals surface area contributed by atoms with Crippen molar-refractivity contribution in [2.24, 2.45) is 11.8 Å². The van der Waals surface area contributed by atoms with Crippen LogP contribution in [-0.4, -0.2) is 14.2 Å². The first-order chi connectivity index (χ1) is 15.6. The minimum absolute atomic E-state index is 0.556. The van der Waals surface area contributed by atoms with Crippen LogP contribution >= 0.6 is 0 Å². The molecule has 2 nitrogen and oxygen atoms in total. The molecule has 4 aromatic carbocycles. The van der Waals surface area contributed by atoms with Gasteiger partial charge in [0.2, 0.25) is 0 Å². The van der Waals surface area contributed by atoms with Crippen LogP contribution < -0.4 is 9.47 Å². The van der Waals surface area contributed by atoms with E-state index in [1.807, 2.05) is 0 Å². The van der Waals surface area contributed by atoms with Crippen molar-refractivity contribution in [2.45, 2.75) is 39.5 Å². The van der Waals surface area contributed by atoms with Gasteiger partial charge < -0.3 is 9.47 Å². The summed E-state index contributed by atoms with van der Waals surface area (Å²) < 4.78 is 11.5. The molecule has 2 heteroatoms. The third-order valence-electron chi connectivity index (χ3n) is 6.79. The normalized spacial score (nSPS) is 13.2. The summed E-state index contributed by atoms with van der Waals surface area (Å²) in [6.07, 6.45) is 4.39. The molecule has 32 heavy (non-hydrogen) atoms. The number of hydrogen-bond donors (Lipinski definition) is 0. The molecule has 0 aromatic heterocycles. The molecule has 0 heterocycles. The zero-order chi connectivity index (χ0) is 22.5. The van der Waals surface area contributed by atoms with E-state index in [0.29, 0.717) is 11.8 Å². The maximum Gasteiger partial charge on any atom is 0.122 e. The molecule has 0 N–H and O–H groups in total. The van der Waals surface area contributed by atoms with Gasteiger partial charge in [0.1, 0.15) is 11.5 Å². The van der Waals surface area contributed by atoms with Crippen molar-refractivity contribution in [1.82, 2.24) is 0 Å². The van der Waals surface area contributed by atoms with Crippen LogP contribution in [0.1, 0.15) is 37.8 Å². The Morgan fingerprint density at radius 2 is 1.16 bits per heavy atom. The van der Waals surface area contributed by atoms with E-state index in [2.05, 4.69) is 86.6 Å². The molecule has 0 aliphatic heterocycles. The SMILES string of the molecule is CCC(Cc1c(OC)ccc2ccccc12)C[C@@H](C)Cc1c(OC)ccc2ccccc12. The molecule has 0 amide bonds. The summed E-state index contributed by atoms with van der Waals surface area (Å²) in [5, 5.41) is 5.19. The largest absolute Gasteiger partial charge is 0.496 e. The lowest BCUT2D eigenvalue weighted by molar-refractivity contribution is 0.360. The molecule has 4 aromatic rings. The van der Waals surface area contributed by atoms with Gasteiger partial charge in [0.25, 0.3) is 0 Å². The highest BCUT2D eigenvalue weighted by Crippen LogP contribution is 2.35. The molecule has 2 atom stereocenters. The predicted molar refractivity (Wildman–Crippen MR) is 136 cm³/mol. The lowest BCUT2D eigenvalue weighted by Gasteiger charge is -2.23. The number of ether oxygens (including phenoxy) is 2. The highest BCUT2D eigenvalue weighted by Gasteiger charge is 2.19. The third-order valence-corrected chi connectivity index (χ3v) is 6.79. The van der Waals surface area contributed by atoms with Crippen molar-refractivity contribution in [3.8, 4) is 11.5 Å². The highest BCUT2D eigenvalue weighted by molar-refractivity contribution is 5.88. The minimum Gasteiger partial charge on any atom is -0.496 e. The quantitative estimate of drug-likeness (QED) is 0.271. The smallest absolute Gasteiger partial charge is 0.122 e. The highest BCUT2D eigenvalue weighted by atomic mass is 16.5. The van der Waals surface area contributed by atoms with E-state index in [4.69, 9.17) is 9.47 Å². The number of benzene rings is 4. The molecule has 0 saturated carbocycles. The van der Waals surface area contributed by atoms with E-state index in [-0.39, 0.29) is 0 Å². The van der Waals surface area contributed by atoms with Gasteiger partial charge in [0, 0.05) is 11.1 Å². The van der Waals surface area contributed by atoms with Gasteiger partial charge in [0.15, 0.2) is 0 Å². The zero-order valence-electron chi connectivity index (χ0n) is 19.7. The Labute approximate surface area is 192 Å². The van der Waals surface area contributed by atoms with Crippen LogP contribution in [0.25, 0.3) is 21.5 Å². The van der Waals surface area contributed by atoms with Crippen LogP contribution in [0.2, 0.25) is 0 Å². The van der Waals surface area contributed by atoms with Crippen molar-refractivity contribution < 1.29 is 9.47 Å². The van der Waals surface area contributed by atoms with E-state index >= 15 is 0 Å². The van der Waals surface area contributed by atoms with Crippen molar-refractivity contribution in [3.63, 3.8) is 0 Å². The average Bonchev–Trinajstić information content (AvgIpc) is 2.83. The Balaban J connectivity index is 1.57. The number of rotatable bonds is 9. The first-order valence-electron chi connectivity index (χ1n) is 11.7. The average molecular weight is 427 g/mol. The molecule has 1 unspecified atom stereocenters. The Morgan fingerprint density at radius 3 is 1.66 bits per heavy atom. The van der Waals surface area contributed by atoms with Gasteiger partial charge in [-0.3, -0.25) is 0 Å². The summed E-state index contributed by atoms with van der Waals surface area (Å²) in [5.74, 6) is 3.16. The lowest BCUT2D eigenvalue weighted by atomic mass is 9.83. The topological polar surface area (TPSA) is 18.5 Å². The van der Waals surface area contributed by atoms with Crippen LogP contribution in [0.4, 0.5) is 0 Å². The molecule has 0 radical (unpaired) electrons. The third kappa shape index (κ3) is 4.60. The van der Waals surface area contributed by atoms with Crippen LogP contribution in [0.3, 0.4) is 0 Å². The summed E-state index contributed by atoms with van der Waals surface area (Å²) in [6, 6.07) is 25.8. The number of fused-ring (bicyclic) bond motifs is 2. The molecule has 166 valence electrons. The standard InChI is InChI=1S/C30H34O2/c1-5-22(20-28-26-13-9-7-11-24(26)15-17-30(28)32-4)18-21(2)19-27-25-12-8-6-10-23(25)14-16-29(27)31-3/h6-17,21-22H,5,18-20H2,1-4H3/t21-,22?/m1/s1. The van der Waals surface area contributed by atoms with Crippen molar-refractivity contribution in [3.05, 3.63) is 83.9 Å². The fourth-order valence-corrected chi connectivity index (χ4v) is 5.12. The molecule has 0 saturated heterocycles. The fourth-order valence-electron chi connectivity index (χ4n) is 5.12. The molecular formula is C30H34O2. The van der Waals surface area contributed by atoms with Gasteiger partial charge in [-0.15, -0.1) is 0 Å². The van der Waals surface area contributed by atoms with E-state index in [1.54, 1.807) is 14.2 Å². The molecule has 0 aliphatic rings. The zero-order valence-corrected chi connectivity index (χ0v) is 19.7. The molecule has 0 spiro atoms. The van der Waals surface area contributed by atoms with E-state index in [1.165, 1.54) is 39.1 Å². The van der Waals surface area contributed by atoms with Crippen molar-refractivity contribution >= 4 is 21.5 Å². The second kappa shape index (κ2) is 10.1. The van der Waals surface area contributed by atoms with Crippen LogP contribution in [0.5, 0.6) is 11.5 Å². The lowest BCUT2D eigenvalue weighted by Crippen LogP contribution is -2.12. The van der Waals surface area contributed by atoms with Gasteiger partial charge in [-0.1, -0.05) is 80.9 Å². The molecular weight excluding hydrogens is 392 g/mol. The fraction of sp³-hybridized carbons (Fsp3) is 0.333. The van der Waals surface area contributed by atoms with Gasteiger partial charge in [-0.25, -0.2) is 0 Å². The second-order valence-corrected chi connectivity index (χ2v) is 8.96. The Kier molecular flexibility index (Phi) is 6.99. The van der Waals surface area contributed by atoms with Gasteiger partial charge in [-0.2, -0.15) is 0 Å². The molecule has 0 fully saturated rings. The van der Waals surface area contributed by atoms with Gasteiger partial charge in [0.05, 0.1) is 14.2 Å². The first kappa shape index (κ1) is 22.2. The monoisotopic (exact) mass is 426 g/mol. The first-order valence-corrected chi connectivity index (χ1v) is 11.7. The minimum atomic E-state index is 0.556. The van der Waals surface area contributed by atoms with Crippen LogP contribution in [0, 0.1) is 11.8 Å². The van der Waals surface area contributed by atoms with E-state index < -0.39 is 0 Å². The number of hydrogen-bond acceptors (Lipinski definition) is 2. The van der Waals surface area contributed by atoms with Crippen LogP contribution in [-0.2, 0) is 12.8 Å². The summed E-state index contributed by atoms with van der Waals surface area (Å²) >= 11 is 0. The number of methoxy groups -OCH3 is 2. The Hall–Kier alpha value is -3.00. The van der Waals surface area contributed by atoms with Gasteiger partial charge >= 0.3 is 0 Å². The Morgan fingerprint density at radius 1 is 0.656 bits per heavy atom. The van der Waals surface area contributed by atoms with E-state index in [9.17, 15) is 0 Å². The predicted octanol–water partition coefficient (Wildman–Crippen LogP) is 7.85. The van der Waals surface area contributed by atoms with Gasteiger partial charge in [-0.05, 0) is 64.8 Å². The molecule has 4 rings (SSSR count). The summed E-state index contributed by atoms with van der Waals surface area (Å²) in [7, 11) is 3.56. The van der Waals surface area contributed by atoms with Crippen molar-refractivity contribution in [2.75, 3.05) is 14.2 Å². The summed E-state index contributed by atoms with van der Waals surface area (Å²) in [6.45, 7) is 4.69. The van der Waals surface area contributed by atoms with E-state index in [0.717, 1.165) is 30.8 Å². The summed E-state index contributed by atoms with van der Waals surface area (Å²) in [5.41, 5.74) is 2.67. The molecule has 0 aliphatic carbocycles. The van der Waals surface area contributed by atoms with Crippen LogP contribution in [0.15, 0.2) is 72.8 Å². The summed E-state index contributed by atoms with van der Waals surface area (Å²) in [4.78, 5) is 0. The maximum atomic E-state index is 5.76. The second-order valence-electron chi connectivity index (χ2n) is 8.96. The Bertz CT molecular complexity index is 1190. The van der Waals surface area contributed by atoms with Crippen molar-refractivity contribution in [1.29, 1.82) is 0 Å². The maximum absolute atomic E-state index is 5.76.